The van der Waals surface area contributed by atoms with Gasteiger partial charge in [-0.25, -0.2) is 28.9 Å². The van der Waals surface area contributed by atoms with Crippen molar-refractivity contribution in [2.75, 3.05) is 11.9 Å². The third-order valence-corrected chi connectivity index (χ3v) is 7.39. The zero-order valence-electron chi connectivity index (χ0n) is 22.6. The van der Waals surface area contributed by atoms with E-state index < -0.39 is 48.6 Å². The number of aromatic carboxylic acids is 1. The molecule has 2 aliphatic rings. The molecular formula is C29H29FN6O6. The van der Waals surface area contributed by atoms with E-state index in [9.17, 15) is 19.1 Å². The van der Waals surface area contributed by atoms with E-state index in [1.807, 2.05) is 37.3 Å². The molecule has 4 aromatic rings. The van der Waals surface area contributed by atoms with E-state index in [0.29, 0.717) is 30.6 Å². The molecule has 0 bridgehead atoms. The summed E-state index contributed by atoms with van der Waals surface area (Å²) in [4.78, 5) is 36.8. The number of rotatable bonds is 9. The number of halogens is 1. The number of fused-ring (bicyclic) bond motifs is 2. The lowest BCUT2D eigenvalue weighted by atomic mass is 9.98. The number of carbonyl (C=O) groups is 2. The van der Waals surface area contributed by atoms with Gasteiger partial charge < -0.3 is 24.6 Å². The van der Waals surface area contributed by atoms with Crippen LogP contribution in [0.5, 0.6) is 0 Å². The first-order valence-electron chi connectivity index (χ1n) is 13.7. The minimum Gasteiger partial charge on any atom is -0.478 e. The largest absolute Gasteiger partial charge is 0.478 e. The summed E-state index contributed by atoms with van der Waals surface area (Å²) >= 11 is 0. The molecule has 6 rings (SSSR count). The lowest BCUT2D eigenvalue weighted by Crippen LogP contribution is -2.29. The monoisotopic (exact) mass is 576 g/mol. The Morgan fingerprint density at radius 1 is 1.02 bits per heavy atom. The molecule has 0 aliphatic carbocycles. The summed E-state index contributed by atoms with van der Waals surface area (Å²) in [6.45, 7) is 2.26. The van der Waals surface area contributed by atoms with E-state index in [2.05, 4.69) is 25.6 Å². The summed E-state index contributed by atoms with van der Waals surface area (Å²) in [6.07, 6.45) is 1.28. The van der Waals surface area contributed by atoms with Crippen molar-refractivity contribution >= 4 is 29.0 Å². The van der Waals surface area contributed by atoms with Gasteiger partial charge in [0, 0.05) is 17.7 Å². The SMILES string of the molecule is CCNC(=O)Nc1ncnc2c1ncn2C1OC(CCCc2c(F)cccc2C(=O)O)C2O[C@H](c3ccccc3)OC21. The number of carboxylic acid groups (broad SMARTS) is 1. The highest BCUT2D eigenvalue weighted by molar-refractivity contribution is 5.95. The molecule has 42 heavy (non-hydrogen) atoms. The average Bonchev–Trinajstić information content (AvgIpc) is 3.69. The van der Waals surface area contributed by atoms with Gasteiger partial charge in [-0.2, -0.15) is 0 Å². The average molecular weight is 577 g/mol. The van der Waals surface area contributed by atoms with E-state index in [1.165, 1.54) is 24.5 Å². The fourth-order valence-electron chi connectivity index (χ4n) is 5.49. The topological polar surface area (TPSA) is 150 Å². The van der Waals surface area contributed by atoms with Crippen LogP contribution in [0.2, 0.25) is 0 Å². The second kappa shape index (κ2) is 11.8. The Bertz CT molecular complexity index is 1600. The van der Waals surface area contributed by atoms with Gasteiger partial charge in [-0.1, -0.05) is 36.4 Å². The summed E-state index contributed by atoms with van der Waals surface area (Å²) in [5.41, 5.74) is 1.78. The van der Waals surface area contributed by atoms with Crippen LogP contribution in [0, 0.1) is 5.82 Å². The number of nitrogens with one attached hydrogen (secondary N) is 2. The molecule has 2 aromatic heterocycles. The maximum atomic E-state index is 14.5. The van der Waals surface area contributed by atoms with Crippen molar-refractivity contribution in [1.82, 2.24) is 24.8 Å². The summed E-state index contributed by atoms with van der Waals surface area (Å²) < 4.78 is 35.5. The number of urea groups is 1. The first kappa shape index (κ1) is 27.7. The number of hydrogen-bond donors (Lipinski definition) is 3. The molecule has 13 heteroatoms. The summed E-state index contributed by atoms with van der Waals surface area (Å²) in [5.74, 6) is -1.47. The molecule has 218 valence electrons. The molecule has 0 radical (unpaired) electrons. The number of benzene rings is 2. The maximum Gasteiger partial charge on any atom is 0.336 e. The zero-order valence-corrected chi connectivity index (χ0v) is 22.6. The molecular weight excluding hydrogens is 547 g/mol. The molecule has 2 saturated heterocycles. The van der Waals surface area contributed by atoms with E-state index in [0.717, 1.165) is 5.56 Å². The van der Waals surface area contributed by atoms with E-state index in [-0.39, 0.29) is 23.4 Å². The fraction of sp³-hybridized carbons (Fsp3) is 0.345. The Morgan fingerprint density at radius 3 is 2.62 bits per heavy atom. The van der Waals surface area contributed by atoms with Crippen LogP contribution in [0.25, 0.3) is 11.2 Å². The molecule has 3 N–H and O–H groups in total. The molecule has 4 unspecified atom stereocenters. The Labute approximate surface area is 239 Å². The van der Waals surface area contributed by atoms with Crippen LogP contribution in [0.4, 0.5) is 15.0 Å². The van der Waals surface area contributed by atoms with Crippen molar-refractivity contribution in [1.29, 1.82) is 0 Å². The van der Waals surface area contributed by atoms with Gasteiger partial charge in [0.15, 0.2) is 29.5 Å². The number of ether oxygens (including phenoxy) is 3. The summed E-state index contributed by atoms with van der Waals surface area (Å²) in [5, 5.41) is 14.9. The molecule has 0 saturated carbocycles. The van der Waals surface area contributed by atoms with Crippen LogP contribution >= 0.6 is 0 Å². The van der Waals surface area contributed by atoms with Gasteiger partial charge in [0.25, 0.3) is 0 Å². The molecule has 2 amide bonds. The van der Waals surface area contributed by atoms with E-state index in [1.54, 1.807) is 10.9 Å². The van der Waals surface area contributed by atoms with Crippen LogP contribution in [-0.4, -0.2) is 61.5 Å². The molecule has 4 heterocycles. The van der Waals surface area contributed by atoms with Gasteiger partial charge in [0.05, 0.1) is 18.0 Å². The number of carboxylic acids is 1. The van der Waals surface area contributed by atoms with Crippen molar-refractivity contribution in [3.63, 3.8) is 0 Å². The highest BCUT2D eigenvalue weighted by Gasteiger charge is 2.53. The highest BCUT2D eigenvalue weighted by atomic mass is 19.1. The number of amides is 2. The summed E-state index contributed by atoms with van der Waals surface area (Å²) in [7, 11) is 0. The number of nitrogens with zero attached hydrogens (tertiary/aromatic N) is 4. The minimum absolute atomic E-state index is 0.0516. The number of aromatic nitrogens is 4. The maximum absolute atomic E-state index is 14.5. The Morgan fingerprint density at radius 2 is 1.83 bits per heavy atom. The second-order valence-electron chi connectivity index (χ2n) is 10.0. The predicted octanol–water partition coefficient (Wildman–Crippen LogP) is 4.21. The first-order valence-corrected chi connectivity index (χ1v) is 13.7. The normalized spacial score (nSPS) is 23.1. The molecule has 2 aliphatic heterocycles. The quantitative estimate of drug-likeness (QED) is 0.266. The van der Waals surface area contributed by atoms with Gasteiger partial charge in [-0.3, -0.25) is 9.88 Å². The van der Waals surface area contributed by atoms with Gasteiger partial charge in [0.1, 0.15) is 24.4 Å². The second-order valence-corrected chi connectivity index (χ2v) is 10.0. The Balaban J connectivity index is 1.26. The fourth-order valence-corrected chi connectivity index (χ4v) is 5.49. The lowest BCUT2D eigenvalue weighted by Gasteiger charge is -2.21. The van der Waals surface area contributed by atoms with E-state index in [4.69, 9.17) is 14.2 Å². The van der Waals surface area contributed by atoms with Crippen molar-refractivity contribution in [3.05, 3.63) is 83.7 Å². The summed E-state index contributed by atoms with van der Waals surface area (Å²) in [6, 6.07) is 13.2. The third kappa shape index (κ3) is 5.29. The van der Waals surface area contributed by atoms with Gasteiger partial charge in [0.2, 0.25) is 0 Å². The standard InChI is InChI=1S/C29H29FN6O6/c1-2-31-29(39)35-24-21-25(33-14-32-24)36(15-34-21)26-23-22(41-28(42-23)16-8-4-3-5-9-16)20(40-26)13-7-10-17-18(27(37)38)11-6-12-19(17)30/h3-6,8-9,11-12,14-15,20,22-23,26,28H,2,7,10,13H2,1H3,(H,37,38)(H2,31,32,33,35,39)/t20?,22?,23?,26?,28-/m0/s1. The Hall–Kier alpha value is -4.46. The molecule has 5 atom stereocenters. The lowest BCUT2D eigenvalue weighted by molar-refractivity contribution is -0.148. The van der Waals surface area contributed by atoms with Crippen molar-refractivity contribution in [2.45, 2.75) is 57.0 Å². The van der Waals surface area contributed by atoms with Gasteiger partial charge in [-0.15, -0.1) is 0 Å². The van der Waals surface area contributed by atoms with Crippen LogP contribution in [-0.2, 0) is 20.6 Å². The molecule has 0 spiro atoms. The first-order chi connectivity index (χ1) is 20.4. The molecule has 12 nitrogen and oxygen atoms in total. The van der Waals surface area contributed by atoms with Crippen molar-refractivity contribution in [3.8, 4) is 0 Å². The van der Waals surface area contributed by atoms with E-state index >= 15 is 0 Å². The van der Waals surface area contributed by atoms with Gasteiger partial charge in [-0.05, 0) is 38.3 Å². The van der Waals surface area contributed by atoms with Crippen LogP contribution in [0.15, 0.2) is 61.2 Å². The number of imidazole rings is 1. The number of anilines is 1. The van der Waals surface area contributed by atoms with Crippen LogP contribution < -0.4 is 10.6 Å². The van der Waals surface area contributed by atoms with Crippen LogP contribution in [0.1, 0.15) is 53.8 Å². The highest BCUT2D eigenvalue weighted by Crippen LogP contribution is 2.46. The minimum atomic E-state index is -1.17. The zero-order chi connectivity index (χ0) is 29.2. The third-order valence-electron chi connectivity index (χ3n) is 7.39. The number of carbonyl (C=O) groups excluding carboxylic acids is 1. The smallest absolute Gasteiger partial charge is 0.336 e. The molecule has 2 aromatic carbocycles. The van der Waals surface area contributed by atoms with Crippen molar-refractivity contribution in [2.24, 2.45) is 0 Å². The molecule has 2 fully saturated rings. The van der Waals surface area contributed by atoms with Crippen molar-refractivity contribution < 1.29 is 33.3 Å². The van der Waals surface area contributed by atoms with Crippen LogP contribution in [0.3, 0.4) is 0 Å². The van der Waals surface area contributed by atoms with Gasteiger partial charge >= 0.3 is 12.0 Å². The predicted molar refractivity (Wildman–Crippen MR) is 147 cm³/mol. The number of hydrogen-bond acceptors (Lipinski definition) is 8. The Kier molecular flexibility index (Phi) is 7.78.